The Balaban J connectivity index is 1.86. The van der Waals surface area contributed by atoms with Crippen LogP contribution in [-0.4, -0.2) is 6.61 Å². The van der Waals surface area contributed by atoms with E-state index in [9.17, 15) is 8.78 Å². The van der Waals surface area contributed by atoms with Crippen LogP contribution in [0.1, 0.15) is 11.1 Å². The van der Waals surface area contributed by atoms with Crippen molar-refractivity contribution in [2.75, 3.05) is 11.9 Å². The molecule has 2 aromatic carbocycles. The number of hydrogen-bond acceptors (Lipinski definition) is 2. The largest absolute Gasteiger partial charge is 0.493 e. The number of rotatable bonds is 3. The van der Waals surface area contributed by atoms with Crippen molar-refractivity contribution in [3.63, 3.8) is 0 Å². The second kappa shape index (κ2) is 5.70. The number of ether oxygens (including phenoxy) is 1. The Morgan fingerprint density at radius 1 is 1.14 bits per heavy atom. The van der Waals surface area contributed by atoms with Crippen molar-refractivity contribution in [1.82, 2.24) is 0 Å². The Labute approximate surface area is 130 Å². The van der Waals surface area contributed by atoms with E-state index in [1.807, 2.05) is 6.07 Å². The predicted molar refractivity (Wildman–Crippen MR) is 79.3 cm³/mol. The fraction of sp³-hybridized carbons (Fsp3) is 0.200. The molecule has 2 nitrogen and oxygen atoms in total. The lowest BCUT2D eigenvalue weighted by molar-refractivity contribution is 0.354. The first-order chi connectivity index (χ1) is 10.0. The van der Waals surface area contributed by atoms with Crippen LogP contribution >= 0.6 is 23.2 Å². The summed E-state index contributed by atoms with van der Waals surface area (Å²) >= 11 is 11.9. The summed E-state index contributed by atoms with van der Waals surface area (Å²) in [6, 6.07) is 5.46. The van der Waals surface area contributed by atoms with Crippen molar-refractivity contribution in [1.29, 1.82) is 0 Å². The smallest absolute Gasteiger partial charge is 0.150 e. The molecule has 110 valence electrons. The third kappa shape index (κ3) is 2.92. The number of halogens is 4. The zero-order valence-electron chi connectivity index (χ0n) is 10.9. The van der Waals surface area contributed by atoms with E-state index in [0.29, 0.717) is 11.6 Å². The monoisotopic (exact) mass is 329 g/mol. The lowest BCUT2D eigenvalue weighted by atomic mass is 10.1. The summed E-state index contributed by atoms with van der Waals surface area (Å²) in [5.41, 5.74) is 1.91. The Hall–Kier alpha value is -1.52. The van der Waals surface area contributed by atoms with Crippen LogP contribution in [0.4, 0.5) is 14.5 Å². The zero-order chi connectivity index (χ0) is 15.0. The molecule has 3 rings (SSSR count). The molecule has 6 heteroatoms. The van der Waals surface area contributed by atoms with Crippen LogP contribution in [0, 0.1) is 11.6 Å². The molecule has 0 saturated carbocycles. The Morgan fingerprint density at radius 3 is 2.71 bits per heavy atom. The minimum absolute atomic E-state index is 0.00732. The minimum Gasteiger partial charge on any atom is -0.493 e. The molecule has 0 amide bonds. The maximum absolute atomic E-state index is 13.7. The van der Waals surface area contributed by atoms with Gasteiger partial charge < -0.3 is 10.1 Å². The normalized spacial score (nSPS) is 13.0. The highest BCUT2D eigenvalue weighted by atomic mass is 35.5. The van der Waals surface area contributed by atoms with Gasteiger partial charge in [0.25, 0.3) is 0 Å². The second-order valence-electron chi connectivity index (χ2n) is 4.75. The van der Waals surface area contributed by atoms with Crippen molar-refractivity contribution in [3.8, 4) is 5.75 Å². The van der Waals surface area contributed by atoms with Crippen LogP contribution in [0.15, 0.2) is 24.3 Å². The standard InChI is InChI=1S/C15H11Cl2F2NO/c16-10-3-8-1-2-21-15(8)9(4-10)7-20-14-12(17)5-11(18)6-13(14)19/h3-6,20H,1-2,7H2. The molecule has 0 aliphatic carbocycles. The van der Waals surface area contributed by atoms with Gasteiger partial charge in [-0.2, -0.15) is 0 Å². The molecule has 0 aromatic heterocycles. The van der Waals surface area contributed by atoms with E-state index in [1.165, 1.54) is 0 Å². The summed E-state index contributed by atoms with van der Waals surface area (Å²) < 4.78 is 32.3. The molecule has 1 heterocycles. The van der Waals surface area contributed by atoms with Crippen molar-refractivity contribution >= 4 is 28.9 Å². The lowest BCUT2D eigenvalue weighted by Gasteiger charge is -2.13. The van der Waals surface area contributed by atoms with Crippen molar-refractivity contribution in [2.24, 2.45) is 0 Å². The summed E-state index contributed by atoms with van der Waals surface area (Å²) in [7, 11) is 0. The third-order valence-electron chi connectivity index (χ3n) is 3.29. The quantitative estimate of drug-likeness (QED) is 0.871. The van der Waals surface area contributed by atoms with E-state index in [-0.39, 0.29) is 17.3 Å². The molecule has 0 radical (unpaired) electrons. The van der Waals surface area contributed by atoms with E-state index in [2.05, 4.69) is 5.32 Å². The molecule has 0 spiro atoms. The average Bonchev–Trinajstić information content (AvgIpc) is 2.85. The molecule has 0 atom stereocenters. The molecule has 0 bridgehead atoms. The van der Waals surface area contributed by atoms with Crippen LogP contribution < -0.4 is 10.1 Å². The maximum atomic E-state index is 13.7. The average molecular weight is 330 g/mol. The molecule has 1 aliphatic heterocycles. The van der Waals surface area contributed by atoms with Gasteiger partial charge in [0.2, 0.25) is 0 Å². The minimum atomic E-state index is -0.736. The molecule has 0 fully saturated rings. The first-order valence-electron chi connectivity index (χ1n) is 6.37. The molecular weight excluding hydrogens is 319 g/mol. The van der Waals surface area contributed by atoms with Gasteiger partial charge in [0, 0.05) is 29.6 Å². The van der Waals surface area contributed by atoms with Gasteiger partial charge in [0.1, 0.15) is 11.6 Å². The van der Waals surface area contributed by atoms with Gasteiger partial charge in [0.15, 0.2) is 5.82 Å². The van der Waals surface area contributed by atoms with Crippen molar-refractivity contribution in [3.05, 3.63) is 57.1 Å². The second-order valence-corrected chi connectivity index (χ2v) is 5.59. The fourth-order valence-electron chi connectivity index (χ4n) is 2.37. The van der Waals surface area contributed by atoms with Crippen LogP contribution in [0.3, 0.4) is 0 Å². The van der Waals surface area contributed by atoms with Crippen LogP contribution in [-0.2, 0) is 13.0 Å². The topological polar surface area (TPSA) is 21.3 Å². The Morgan fingerprint density at radius 2 is 1.95 bits per heavy atom. The van der Waals surface area contributed by atoms with Crippen molar-refractivity contribution < 1.29 is 13.5 Å². The number of fused-ring (bicyclic) bond motifs is 1. The van der Waals surface area contributed by atoms with E-state index in [0.717, 1.165) is 35.4 Å². The molecule has 21 heavy (non-hydrogen) atoms. The molecule has 1 aliphatic rings. The molecule has 2 aromatic rings. The van der Waals surface area contributed by atoms with Gasteiger partial charge in [-0.25, -0.2) is 8.78 Å². The summed E-state index contributed by atoms with van der Waals surface area (Å²) in [6.45, 7) is 0.888. The zero-order valence-corrected chi connectivity index (χ0v) is 12.4. The highest BCUT2D eigenvalue weighted by molar-refractivity contribution is 6.33. The third-order valence-corrected chi connectivity index (χ3v) is 3.80. The number of hydrogen-bond donors (Lipinski definition) is 1. The van der Waals surface area contributed by atoms with Crippen molar-refractivity contribution in [2.45, 2.75) is 13.0 Å². The van der Waals surface area contributed by atoms with E-state index < -0.39 is 11.6 Å². The number of benzene rings is 2. The first kappa shape index (κ1) is 14.4. The van der Waals surface area contributed by atoms with Gasteiger partial charge in [-0.3, -0.25) is 0 Å². The predicted octanol–water partition coefficient (Wildman–Crippen LogP) is 4.82. The lowest BCUT2D eigenvalue weighted by Crippen LogP contribution is -2.04. The number of nitrogens with one attached hydrogen (secondary N) is 1. The summed E-state index contributed by atoms with van der Waals surface area (Å²) in [6.07, 6.45) is 0.800. The van der Waals surface area contributed by atoms with Crippen LogP contribution in [0.5, 0.6) is 5.75 Å². The molecule has 0 unspecified atom stereocenters. The van der Waals surface area contributed by atoms with Crippen LogP contribution in [0.25, 0.3) is 0 Å². The summed E-state index contributed by atoms with van der Waals surface area (Å²) in [5.74, 6) is -0.680. The fourth-order valence-corrected chi connectivity index (χ4v) is 2.90. The molecule has 0 saturated heterocycles. The molecular formula is C15H11Cl2F2NO. The summed E-state index contributed by atoms with van der Waals surface area (Å²) in [4.78, 5) is 0. The van der Waals surface area contributed by atoms with Crippen LogP contribution in [0.2, 0.25) is 10.0 Å². The van der Waals surface area contributed by atoms with Gasteiger partial charge in [-0.1, -0.05) is 23.2 Å². The van der Waals surface area contributed by atoms with E-state index in [4.69, 9.17) is 27.9 Å². The maximum Gasteiger partial charge on any atom is 0.150 e. The van der Waals surface area contributed by atoms with Gasteiger partial charge in [0.05, 0.1) is 17.3 Å². The van der Waals surface area contributed by atoms with E-state index in [1.54, 1.807) is 6.07 Å². The van der Waals surface area contributed by atoms with E-state index >= 15 is 0 Å². The molecule has 1 N–H and O–H groups in total. The van der Waals surface area contributed by atoms with Gasteiger partial charge in [-0.15, -0.1) is 0 Å². The number of anilines is 1. The SMILES string of the molecule is Fc1cc(F)c(NCc2cc(Cl)cc3c2OCC3)c(Cl)c1. The highest BCUT2D eigenvalue weighted by Gasteiger charge is 2.18. The van der Waals surface area contributed by atoms with Gasteiger partial charge in [-0.05, 0) is 23.8 Å². The van der Waals surface area contributed by atoms with Gasteiger partial charge >= 0.3 is 0 Å². The Bertz CT molecular complexity index is 683. The first-order valence-corrected chi connectivity index (χ1v) is 7.12. The Kier molecular flexibility index (Phi) is 3.91. The highest BCUT2D eigenvalue weighted by Crippen LogP contribution is 2.34. The summed E-state index contributed by atoms with van der Waals surface area (Å²) in [5, 5.41) is 3.46.